The molecule has 3 rings (SSSR count). The molecule has 1 unspecified atom stereocenters. The van der Waals surface area contributed by atoms with Gasteiger partial charge in [-0.2, -0.15) is 0 Å². The quantitative estimate of drug-likeness (QED) is 0.890. The Labute approximate surface area is 120 Å². The van der Waals surface area contributed by atoms with Crippen molar-refractivity contribution in [1.29, 1.82) is 0 Å². The molecule has 1 heterocycles. The maximum Gasteiger partial charge on any atom is 0.228 e. The maximum atomic E-state index is 12.6. The molecule has 4 heteroatoms. The fourth-order valence-corrected chi connectivity index (χ4v) is 2.59. The number of benzene rings is 1. The lowest BCUT2D eigenvalue weighted by atomic mass is 10.1. The van der Waals surface area contributed by atoms with Gasteiger partial charge in [0.2, 0.25) is 5.91 Å². The highest BCUT2D eigenvalue weighted by Crippen LogP contribution is 2.31. The van der Waals surface area contributed by atoms with Crippen LogP contribution in [0, 0.1) is 5.92 Å². The first-order valence-electron chi connectivity index (χ1n) is 7.49. The normalized spacial score (nSPS) is 22.5. The van der Waals surface area contributed by atoms with Crippen LogP contribution in [0.3, 0.4) is 0 Å². The Morgan fingerprint density at radius 1 is 1.30 bits per heavy atom. The third-order valence-corrected chi connectivity index (χ3v) is 3.93. The molecule has 1 aliphatic heterocycles. The lowest BCUT2D eigenvalue weighted by Crippen LogP contribution is -2.45. The molecule has 20 heavy (non-hydrogen) atoms. The van der Waals surface area contributed by atoms with Gasteiger partial charge in [0.05, 0.1) is 13.2 Å². The summed E-state index contributed by atoms with van der Waals surface area (Å²) in [6.07, 6.45) is 3.02. The van der Waals surface area contributed by atoms with Crippen LogP contribution in [0.15, 0.2) is 30.3 Å². The van der Waals surface area contributed by atoms with Crippen LogP contribution in [0.5, 0.6) is 0 Å². The highest BCUT2D eigenvalue weighted by Gasteiger charge is 2.29. The predicted octanol–water partition coefficient (Wildman–Crippen LogP) is 1.81. The molecule has 0 radical (unpaired) electrons. The average molecular weight is 274 g/mol. The summed E-state index contributed by atoms with van der Waals surface area (Å²) in [7, 11) is 0. The molecule has 1 aliphatic carbocycles. The van der Waals surface area contributed by atoms with Crippen LogP contribution in [0.4, 0.5) is 5.69 Å². The number of carbonyl (C=O) groups excluding carboxylic acids is 1. The Bertz CT molecular complexity index is 439. The van der Waals surface area contributed by atoms with Gasteiger partial charge in [0, 0.05) is 31.2 Å². The Kier molecular flexibility index (Phi) is 4.33. The Morgan fingerprint density at radius 2 is 2.10 bits per heavy atom. The number of ether oxygens (including phenoxy) is 1. The molecule has 1 saturated carbocycles. The lowest BCUT2D eigenvalue weighted by Gasteiger charge is -2.28. The molecule has 1 N–H and O–H groups in total. The fourth-order valence-electron chi connectivity index (χ4n) is 2.59. The van der Waals surface area contributed by atoms with Crippen molar-refractivity contribution in [2.45, 2.75) is 25.3 Å². The summed E-state index contributed by atoms with van der Waals surface area (Å²) in [6, 6.07) is 10.2. The Balaban J connectivity index is 1.66. The minimum Gasteiger partial charge on any atom is -0.378 e. The first kappa shape index (κ1) is 13.6. The molecule has 2 fully saturated rings. The third-order valence-electron chi connectivity index (χ3n) is 3.93. The molecule has 1 amide bonds. The SMILES string of the molecule is O=C(CC1COCCN1)N(CC1CC1)c1ccccc1. The van der Waals surface area contributed by atoms with Gasteiger partial charge < -0.3 is 15.0 Å². The summed E-state index contributed by atoms with van der Waals surface area (Å²) in [5.41, 5.74) is 1.01. The highest BCUT2D eigenvalue weighted by atomic mass is 16.5. The minimum absolute atomic E-state index is 0.154. The number of morpholine rings is 1. The van der Waals surface area contributed by atoms with Crippen molar-refractivity contribution < 1.29 is 9.53 Å². The van der Waals surface area contributed by atoms with Crippen LogP contribution < -0.4 is 10.2 Å². The van der Waals surface area contributed by atoms with Gasteiger partial charge in [-0.05, 0) is 30.9 Å². The molecular weight excluding hydrogens is 252 g/mol. The van der Waals surface area contributed by atoms with Gasteiger partial charge in [-0.15, -0.1) is 0 Å². The van der Waals surface area contributed by atoms with E-state index in [1.807, 2.05) is 35.2 Å². The van der Waals surface area contributed by atoms with E-state index in [1.54, 1.807) is 0 Å². The lowest BCUT2D eigenvalue weighted by molar-refractivity contribution is -0.119. The van der Waals surface area contributed by atoms with E-state index in [1.165, 1.54) is 12.8 Å². The van der Waals surface area contributed by atoms with Gasteiger partial charge in [0.1, 0.15) is 0 Å². The smallest absolute Gasteiger partial charge is 0.228 e. The second-order valence-electron chi connectivity index (χ2n) is 5.71. The summed E-state index contributed by atoms with van der Waals surface area (Å²) < 4.78 is 5.43. The standard InChI is InChI=1S/C16H22N2O2/c19-16(10-14-12-20-9-8-17-14)18(11-13-6-7-13)15-4-2-1-3-5-15/h1-5,13-14,17H,6-12H2. The molecular formula is C16H22N2O2. The molecule has 108 valence electrons. The zero-order valence-corrected chi connectivity index (χ0v) is 11.8. The first-order chi connectivity index (χ1) is 9.83. The van der Waals surface area contributed by atoms with E-state index < -0.39 is 0 Å². The first-order valence-corrected chi connectivity index (χ1v) is 7.49. The molecule has 1 aromatic rings. The van der Waals surface area contributed by atoms with Crippen molar-refractivity contribution in [3.8, 4) is 0 Å². The zero-order chi connectivity index (χ0) is 13.8. The van der Waals surface area contributed by atoms with Crippen LogP contribution in [-0.2, 0) is 9.53 Å². The largest absolute Gasteiger partial charge is 0.378 e. The number of rotatable bonds is 5. The average Bonchev–Trinajstić information content (AvgIpc) is 3.31. The predicted molar refractivity (Wildman–Crippen MR) is 78.7 cm³/mol. The molecule has 1 aromatic carbocycles. The number of hydrogen-bond acceptors (Lipinski definition) is 3. The summed E-state index contributed by atoms with van der Waals surface area (Å²) in [5.74, 6) is 0.890. The van der Waals surface area contributed by atoms with Crippen molar-refractivity contribution in [3.63, 3.8) is 0 Å². The van der Waals surface area contributed by atoms with Gasteiger partial charge in [0.15, 0.2) is 0 Å². The van der Waals surface area contributed by atoms with Crippen molar-refractivity contribution >= 4 is 11.6 Å². The number of nitrogens with zero attached hydrogens (tertiary/aromatic N) is 1. The van der Waals surface area contributed by atoms with E-state index >= 15 is 0 Å². The van der Waals surface area contributed by atoms with Crippen molar-refractivity contribution in [3.05, 3.63) is 30.3 Å². The minimum atomic E-state index is 0.154. The Hall–Kier alpha value is -1.39. The van der Waals surface area contributed by atoms with Crippen LogP contribution in [0.1, 0.15) is 19.3 Å². The highest BCUT2D eigenvalue weighted by molar-refractivity contribution is 5.93. The number of amides is 1. The van der Waals surface area contributed by atoms with Gasteiger partial charge in [0.25, 0.3) is 0 Å². The summed E-state index contributed by atoms with van der Waals surface area (Å²) >= 11 is 0. The van der Waals surface area contributed by atoms with E-state index in [0.717, 1.165) is 25.4 Å². The number of anilines is 1. The monoisotopic (exact) mass is 274 g/mol. The summed E-state index contributed by atoms with van der Waals surface area (Å²) in [6.45, 7) is 3.08. The van der Waals surface area contributed by atoms with E-state index in [2.05, 4.69) is 5.32 Å². The van der Waals surface area contributed by atoms with Crippen LogP contribution in [0.25, 0.3) is 0 Å². The molecule has 0 aromatic heterocycles. The van der Waals surface area contributed by atoms with Gasteiger partial charge in [-0.25, -0.2) is 0 Å². The summed E-state index contributed by atoms with van der Waals surface area (Å²) in [4.78, 5) is 14.6. The van der Waals surface area contributed by atoms with Gasteiger partial charge >= 0.3 is 0 Å². The zero-order valence-electron chi connectivity index (χ0n) is 11.8. The van der Waals surface area contributed by atoms with Gasteiger partial charge in [-0.3, -0.25) is 4.79 Å². The van der Waals surface area contributed by atoms with Crippen molar-refractivity contribution in [1.82, 2.24) is 5.32 Å². The second kappa shape index (κ2) is 6.37. The fraction of sp³-hybridized carbons (Fsp3) is 0.562. The number of hydrogen-bond donors (Lipinski definition) is 1. The molecule has 0 bridgehead atoms. The molecule has 1 atom stereocenters. The molecule has 1 saturated heterocycles. The Morgan fingerprint density at radius 3 is 2.75 bits per heavy atom. The molecule has 0 spiro atoms. The van der Waals surface area contributed by atoms with Gasteiger partial charge in [-0.1, -0.05) is 18.2 Å². The molecule has 2 aliphatic rings. The number of nitrogens with one attached hydrogen (secondary N) is 1. The second-order valence-corrected chi connectivity index (χ2v) is 5.71. The number of para-hydroxylation sites is 1. The molecule has 4 nitrogen and oxygen atoms in total. The van der Waals surface area contributed by atoms with Crippen LogP contribution >= 0.6 is 0 Å². The van der Waals surface area contributed by atoms with Crippen LogP contribution in [0.2, 0.25) is 0 Å². The van der Waals surface area contributed by atoms with E-state index in [0.29, 0.717) is 18.9 Å². The van der Waals surface area contributed by atoms with Crippen molar-refractivity contribution in [2.75, 3.05) is 31.2 Å². The van der Waals surface area contributed by atoms with E-state index in [4.69, 9.17) is 4.74 Å². The van der Waals surface area contributed by atoms with Crippen molar-refractivity contribution in [2.24, 2.45) is 5.92 Å². The third kappa shape index (κ3) is 3.58. The summed E-state index contributed by atoms with van der Waals surface area (Å²) in [5, 5.41) is 3.35. The topological polar surface area (TPSA) is 41.6 Å². The van der Waals surface area contributed by atoms with E-state index in [9.17, 15) is 4.79 Å². The van der Waals surface area contributed by atoms with Crippen LogP contribution in [-0.4, -0.2) is 38.3 Å². The number of carbonyl (C=O) groups is 1. The van der Waals surface area contributed by atoms with E-state index in [-0.39, 0.29) is 11.9 Å². The maximum absolute atomic E-state index is 12.6.